The van der Waals surface area contributed by atoms with Gasteiger partial charge in [0, 0.05) is 23.7 Å². The first-order valence-electron chi connectivity index (χ1n) is 7.40. The molecular formula is C17H15FN2O5. The second-order valence-corrected chi connectivity index (χ2v) is 5.06. The molecule has 0 saturated carbocycles. The van der Waals surface area contributed by atoms with E-state index in [1.165, 1.54) is 12.1 Å². The number of hydrogen-bond acceptors (Lipinski definition) is 5. The molecule has 130 valence electrons. The molecule has 0 aliphatic heterocycles. The number of ketones is 1. The normalized spacial score (nSPS) is 10.2. The molecule has 0 fully saturated rings. The third-order valence-corrected chi connectivity index (χ3v) is 3.30. The van der Waals surface area contributed by atoms with Gasteiger partial charge in [0.25, 0.3) is 5.69 Å². The first-order chi connectivity index (χ1) is 11.9. The largest absolute Gasteiger partial charge is 0.482 e. The number of rotatable bonds is 7. The molecule has 1 amide bonds. The highest BCUT2D eigenvalue weighted by molar-refractivity contribution is 5.98. The van der Waals surface area contributed by atoms with Gasteiger partial charge < -0.3 is 10.1 Å². The standard InChI is InChI=1S/C17H15FN2O5/c1-2-17(22)19-12-5-3-11(4-6-12)15(21)10-25-16-8-7-13(20(23)24)9-14(16)18/h3-9H,2,10H2,1H3,(H,19,22). The zero-order valence-corrected chi connectivity index (χ0v) is 13.3. The Morgan fingerprint density at radius 1 is 1.20 bits per heavy atom. The highest BCUT2D eigenvalue weighted by Gasteiger charge is 2.13. The Labute approximate surface area is 142 Å². The Morgan fingerprint density at radius 2 is 1.88 bits per heavy atom. The molecule has 2 aromatic carbocycles. The maximum atomic E-state index is 13.7. The van der Waals surface area contributed by atoms with Crippen LogP contribution in [0.4, 0.5) is 15.8 Å². The quantitative estimate of drug-likeness (QED) is 0.471. The number of non-ortho nitro benzene ring substituents is 1. The Morgan fingerprint density at radius 3 is 2.44 bits per heavy atom. The molecule has 0 heterocycles. The predicted molar refractivity (Wildman–Crippen MR) is 88.2 cm³/mol. The summed E-state index contributed by atoms with van der Waals surface area (Å²) in [5, 5.41) is 13.2. The molecule has 7 nitrogen and oxygen atoms in total. The van der Waals surface area contributed by atoms with E-state index in [4.69, 9.17) is 4.74 Å². The summed E-state index contributed by atoms with van der Waals surface area (Å²) in [5.41, 5.74) is 0.489. The smallest absolute Gasteiger partial charge is 0.272 e. The van der Waals surface area contributed by atoms with Gasteiger partial charge in [-0.2, -0.15) is 0 Å². The number of benzene rings is 2. The number of carbonyl (C=O) groups is 2. The van der Waals surface area contributed by atoms with Crippen molar-refractivity contribution < 1.29 is 23.6 Å². The lowest BCUT2D eigenvalue weighted by Crippen LogP contribution is -2.13. The summed E-state index contributed by atoms with van der Waals surface area (Å²) in [4.78, 5) is 33.2. The molecule has 8 heteroatoms. The van der Waals surface area contributed by atoms with Crippen molar-refractivity contribution >= 4 is 23.1 Å². The molecule has 0 spiro atoms. The van der Waals surface area contributed by atoms with E-state index in [9.17, 15) is 24.1 Å². The van der Waals surface area contributed by atoms with Gasteiger partial charge in [0.05, 0.1) is 11.0 Å². The van der Waals surface area contributed by atoms with Crippen molar-refractivity contribution in [1.29, 1.82) is 0 Å². The fourth-order valence-electron chi connectivity index (χ4n) is 1.94. The van der Waals surface area contributed by atoms with E-state index < -0.39 is 28.8 Å². The van der Waals surface area contributed by atoms with Gasteiger partial charge >= 0.3 is 0 Å². The predicted octanol–water partition coefficient (Wildman–Crippen LogP) is 3.34. The van der Waals surface area contributed by atoms with Gasteiger partial charge in [-0.3, -0.25) is 19.7 Å². The first-order valence-corrected chi connectivity index (χ1v) is 7.40. The van der Waals surface area contributed by atoms with Crippen LogP contribution in [-0.2, 0) is 4.79 Å². The Kier molecular flexibility index (Phi) is 5.78. The summed E-state index contributed by atoms with van der Waals surface area (Å²) in [6.45, 7) is 1.30. The molecule has 2 aromatic rings. The second-order valence-electron chi connectivity index (χ2n) is 5.06. The van der Waals surface area contributed by atoms with E-state index in [0.29, 0.717) is 17.7 Å². The van der Waals surface area contributed by atoms with Crippen LogP contribution in [0.5, 0.6) is 5.75 Å². The number of nitro groups is 1. The third kappa shape index (κ3) is 4.84. The summed E-state index contributed by atoms with van der Waals surface area (Å²) < 4.78 is 18.8. The second kappa shape index (κ2) is 8.00. The molecule has 2 rings (SSSR count). The van der Waals surface area contributed by atoms with Crippen LogP contribution >= 0.6 is 0 Å². The Hall–Kier alpha value is -3.29. The van der Waals surface area contributed by atoms with Crippen LogP contribution in [0.1, 0.15) is 23.7 Å². The van der Waals surface area contributed by atoms with Crippen molar-refractivity contribution in [2.45, 2.75) is 13.3 Å². The number of anilines is 1. The molecule has 0 aromatic heterocycles. The van der Waals surface area contributed by atoms with Crippen LogP contribution in [0, 0.1) is 15.9 Å². The van der Waals surface area contributed by atoms with Gasteiger partial charge in [-0.15, -0.1) is 0 Å². The lowest BCUT2D eigenvalue weighted by atomic mass is 10.1. The SMILES string of the molecule is CCC(=O)Nc1ccc(C(=O)COc2ccc([N+](=O)[O-])cc2F)cc1. The van der Waals surface area contributed by atoms with Gasteiger partial charge in [0.1, 0.15) is 0 Å². The number of nitro benzene ring substituents is 1. The zero-order chi connectivity index (χ0) is 18.4. The maximum Gasteiger partial charge on any atom is 0.272 e. The molecule has 0 aliphatic rings. The average Bonchev–Trinajstić information content (AvgIpc) is 2.60. The van der Waals surface area contributed by atoms with E-state index in [2.05, 4.69) is 5.32 Å². The van der Waals surface area contributed by atoms with Crippen LogP contribution in [-0.4, -0.2) is 23.2 Å². The van der Waals surface area contributed by atoms with E-state index in [0.717, 1.165) is 18.2 Å². The number of halogens is 1. The molecule has 25 heavy (non-hydrogen) atoms. The molecule has 0 bridgehead atoms. The van der Waals surface area contributed by atoms with Crippen LogP contribution in [0.3, 0.4) is 0 Å². The van der Waals surface area contributed by atoms with E-state index >= 15 is 0 Å². The van der Waals surface area contributed by atoms with Crippen LogP contribution in [0.2, 0.25) is 0 Å². The highest BCUT2D eigenvalue weighted by Crippen LogP contribution is 2.22. The van der Waals surface area contributed by atoms with Crippen LogP contribution in [0.15, 0.2) is 42.5 Å². The number of hydrogen-bond donors (Lipinski definition) is 1. The van der Waals surface area contributed by atoms with Crippen molar-refractivity contribution in [3.63, 3.8) is 0 Å². The number of carbonyl (C=O) groups excluding carboxylic acids is 2. The molecule has 0 unspecified atom stereocenters. The lowest BCUT2D eigenvalue weighted by Gasteiger charge is -2.07. The molecule has 0 radical (unpaired) electrons. The summed E-state index contributed by atoms with van der Waals surface area (Å²) in [5.74, 6) is -1.70. The zero-order valence-electron chi connectivity index (χ0n) is 13.3. The Balaban J connectivity index is 1.98. The minimum Gasteiger partial charge on any atom is -0.482 e. The maximum absolute atomic E-state index is 13.7. The number of Topliss-reactive ketones (excluding diaryl/α,β-unsaturated/α-hetero) is 1. The van der Waals surface area contributed by atoms with Gasteiger partial charge in [-0.05, 0) is 30.3 Å². The fraction of sp³-hybridized carbons (Fsp3) is 0.176. The van der Waals surface area contributed by atoms with E-state index in [1.54, 1.807) is 19.1 Å². The van der Waals surface area contributed by atoms with Crippen molar-refractivity contribution in [3.05, 3.63) is 64.0 Å². The van der Waals surface area contributed by atoms with Gasteiger partial charge in [-0.25, -0.2) is 4.39 Å². The summed E-state index contributed by atoms with van der Waals surface area (Å²) in [6.07, 6.45) is 0.343. The summed E-state index contributed by atoms with van der Waals surface area (Å²) >= 11 is 0. The number of ether oxygens (including phenoxy) is 1. The van der Waals surface area contributed by atoms with Crippen molar-refractivity contribution in [2.24, 2.45) is 0 Å². The average molecular weight is 346 g/mol. The topological polar surface area (TPSA) is 98.5 Å². The minimum absolute atomic E-state index is 0.143. The van der Waals surface area contributed by atoms with Gasteiger partial charge in [-0.1, -0.05) is 6.92 Å². The molecule has 0 aliphatic carbocycles. The molecule has 0 atom stereocenters. The molecule has 0 saturated heterocycles. The Bertz CT molecular complexity index is 805. The van der Waals surface area contributed by atoms with E-state index in [-0.39, 0.29) is 11.7 Å². The fourth-order valence-corrected chi connectivity index (χ4v) is 1.94. The minimum atomic E-state index is -0.917. The van der Waals surface area contributed by atoms with Crippen molar-refractivity contribution in [2.75, 3.05) is 11.9 Å². The molecule has 1 N–H and O–H groups in total. The molecular weight excluding hydrogens is 331 g/mol. The number of nitrogens with one attached hydrogen (secondary N) is 1. The summed E-state index contributed by atoms with van der Waals surface area (Å²) in [7, 11) is 0. The van der Waals surface area contributed by atoms with E-state index in [1.807, 2.05) is 0 Å². The monoisotopic (exact) mass is 346 g/mol. The lowest BCUT2D eigenvalue weighted by molar-refractivity contribution is -0.385. The van der Waals surface area contributed by atoms with Crippen molar-refractivity contribution in [3.8, 4) is 5.75 Å². The van der Waals surface area contributed by atoms with Gasteiger partial charge in [0.15, 0.2) is 24.0 Å². The number of nitrogens with zero attached hydrogens (tertiary/aromatic N) is 1. The van der Waals surface area contributed by atoms with Gasteiger partial charge in [0.2, 0.25) is 5.91 Å². The summed E-state index contributed by atoms with van der Waals surface area (Å²) in [6, 6.07) is 9.11. The first kappa shape index (κ1) is 18.1. The van der Waals surface area contributed by atoms with Crippen LogP contribution in [0.25, 0.3) is 0 Å². The third-order valence-electron chi connectivity index (χ3n) is 3.30. The highest BCUT2D eigenvalue weighted by atomic mass is 19.1. The van der Waals surface area contributed by atoms with Crippen LogP contribution < -0.4 is 10.1 Å². The van der Waals surface area contributed by atoms with Crippen molar-refractivity contribution in [1.82, 2.24) is 0 Å². The number of amides is 1.